The van der Waals surface area contributed by atoms with Crippen LogP contribution in [0.25, 0.3) is 0 Å². The van der Waals surface area contributed by atoms with Crippen molar-refractivity contribution in [1.82, 2.24) is 10.6 Å². The molecule has 2 heterocycles. The van der Waals surface area contributed by atoms with Crippen molar-refractivity contribution in [1.29, 1.82) is 0 Å². The maximum Gasteiger partial charge on any atom is 0.312 e. The van der Waals surface area contributed by atoms with Gasteiger partial charge in [-0.05, 0) is 39.5 Å². The van der Waals surface area contributed by atoms with Crippen LogP contribution in [0, 0.1) is 0 Å². The van der Waals surface area contributed by atoms with Crippen molar-refractivity contribution in [3.05, 3.63) is 43.2 Å². The lowest BCUT2D eigenvalue weighted by atomic mass is 10.1. The molecule has 5 nitrogen and oxygen atoms in total. The first-order valence-corrected chi connectivity index (χ1v) is 8.64. The fourth-order valence-corrected chi connectivity index (χ4v) is 3.97. The second-order valence-electron chi connectivity index (χ2n) is 4.26. The molecule has 2 aromatic heterocycles. The zero-order valence-corrected chi connectivity index (χ0v) is 14.2. The summed E-state index contributed by atoms with van der Waals surface area (Å²) < 4.78 is 1.03. The van der Waals surface area contributed by atoms with E-state index >= 15 is 0 Å². The van der Waals surface area contributed by atoms with Crippen LogP contribution in [0.4, 0.5) is 4.79 Å². The number of amides is 3. The molecule has 0 aromatic carbocycles. The molecule has 0 fully saturated rings. The fourth-order valence-electron chi connectivity index (χ4n) is 1.77. The van der Waals surface area contributed by atoms with E-state index in [0.717, 1.165) is 13.5 Å². The summed E-state index contributed by atoms with van der Waals surface area (Å²) in [4.78, 5) is 25.0. The molecule has 112 valence electrons. The van der Waals surface area contributed by atoms with Gasteiger partial charge in [0.05, 0.1) is 22.8 Å². The average molecular weight is 388 g/mol. The third-order valence-electron chi connectivity index (χ3n) is 2.68. The van der Waals surface area contributed by atoms with Crippen LogP contribution >= 0.6 is 38.6 Å². The molecule has 0 bridgehead atoms. The molecule has 2 rings (SSSR count). The number of halogens is 1. The van der Waals surface area contributed by atoms with Gasteiger partial charge in [-0.15, -0.1) is 22.7 Å². The van der Waals surface area contributed by atoms with Gasteiger partial charge in [-0.2, -0.15) is 0 Å². The summed E-state index contributed by atoms with van der Waals surface area (Å²) in [5.41, 5.74) is 5.16. The highest BCUT2D eigenvalue weighted by atomic mass is 79.9. The maximum atomic E-state index is 12.0. The van der Waals surface area contributed by atoms with Crippen LogP contribution in [0.3, 0.4) is 0 Å². The topological polar surface area (TPSA) is 84.2 Å². The number of hydrogen-bond donors (Lipinski definition) is 3. The van der Waals surface area contributed by atoms with Gasteiger partial charge in [0.2, 0.25) is 5.91 Å². The lowest BCUT2D eigenvalue weighted by Crippen LogP contribution is -2.36. The molecule has 1 unspecified atom stereocenters. The number of hydrogen-bond acceptors (Lipinski definition) is 4. The Bertz CT molecular complexity index is 613. The molecule has 8 heteroatoms. The third kappa shape index (κ3) is 5.14. The van der Waals surface area contributed by atoms with Crippen LogP contribution in [0.2, 0.25) is 0 Å². The molecule has 21 heavy (non-hydrogen) atoms. The molecular formula is C13H14BrN3O2S2. The highest BCUT2D eigenvalue weighted by molar-refractivity contribution is 9.11. The summed E-state index contributed by atoms with van der Waals surface area (Å²) in [5, 5.41) is 7.34. The van der Waals surface area contributed by atoms with Gasteiger partial charge in [0.15, 0.2) is 0 Å². The van der Waals surface area contributed by atoms with E-state index in [2.05, 4.69) is 26.6 Å². The SMILES string of the molecule is NC(=O)NC(CC(=O)NCc1ccc(Br)s1)c1cccs1. The van der Waals surface area contributed by atoms with Crippen molar-refractivity contribution < 1.29 is 9.59 Å². The second-order valence-corrected chi connectivity index (χ2v) is 7.79. The first-order chi connectivity index (χ1) is 10.0. The van der Waals surface area contributed by atoms with E-state index in [1.54, 1.807) is 11.3 Å². The number of carbonyl (C=O) groups is 2. The molecular weight excluding hydrogens is 374 g/mol. The summed E-state index contributed by atoms with van der Waals surface area (Å²) in [7, 11) is 0. The van der Waals surface area contributed by atoms with Crippen molar-refractivity contribution in [2.75, 3.05) is 0 Å². The van der Waals surface area contributed by atoms with Crippen molar-refractivity contribution in [3.63, 3.8) is 0 Å². The summed E-state index contributed by atoms with van der Waals surface area (Å²) in [6.07, 6.45) is 0.163. The van der Waals surface area contributed by atoms with E-state index < -0.39 is 12.1 Å². The average Bonchev–Trinajstić information content (AvgIpc) is 3.06. The van der Waals surface area contributed by atoms with Crippen molar-refractivity contribution >= 4 is 50.5 Å². The molecule has 3 amide bonds. The van der Waals surface area contributed by atoms with Gasteiger partial charge < -0.3 is 16.4 Å². The normalized spacial score (nSPS) is 11.9. The third-order valence-corrected chi connectivity index (χ3v) is 5.29. The molecule has 0 spiro atoms. The van der Waals surface area contributed by atoms with Crippen LogP contribution in [-0.4, -0.2) is 11.9 Å². The van der Waals surface area contributed by atoms with E-state index in [4.69, 9.17) is 5.73 Å². The standard InChI is InChI=1S/C13H14BrN3O2S2/c14-11-4-3-8(21-11)7-16-12(18)6-9(17-13(15)19)10-2-1-5-20-10/h1-5,9H,6-7H2,(H,16,18)(H3,15,17,19). The summed E-state index contributed by atoms with van der Waals surface area (Å²) in [6.45, 7) is 0.475. The Balaban J connectivity index is 1.90. The smallest absolute Gasteiger partial charge is 0.312 e. The van der Waals surface area contributed by atoms with Crippen molar-refractivity contribution in [2.45, 2.75) is 19.0 Å². The van der Waals surface area contributed by atoms with Crippen LogP contribution in [0.15, 0.2) is 33.4 Å². The number of nitrogens with two attached hydrogens (primary N) is 1. The van der Waals surface area contributed by atoms with Crippen molar-refractivity contribution in [3.8, 4) is 0 Å². The van der Waals surface area contributed by atoms with Gasteiger partial charge in [-0.3, -0.25) is 4.79 Å². The molecule has 0 aliphatic rings. The first-order valence-electron chi connectivity index (χ1n) is 6.15. The molecule has 0 aliphatic carbocycles. The Morgan fingerprint density at radius 1 is 1.33 bits per heavy atom. The minimum atomic E-state index is -0.636. The van der Waals surface area contributed by atoms with Gasteiger partial charge >= 0.3 is 6.03 Å². The van der Waals surface area contributed by atoms with Crippen molar-refractivity contribution in [2.24, 2.45) is 5.73 Å². The van der Waals surface area contributed by atoms with Crippen LogP contribution in [-0.2, 0) is 11.3 Å². The Morgan fingerprint density at radius 3 is 2.71 bits per heavy atom. The number of urea groups is 1. The Morgan fingerprint density at radius 2 is 2.14 bits per heavy atom. The summed E-state index contributed by atoms with van der Waals surface area (Å²) in [6, 6.07) is 6.61. The fraction of sp³-hybridized carbons (Fsp3) is 0.231. The quantitative estimate of drug-likeness (QED) is 0.711. The molecule has 4 N–H and O–H groups in total. The van der Waals surface area contributed by atoms with E-state index in [0.29, 0.717) is 6.54 Å². The Labute approximate surface area is 138 Å². The molecule has 0 aliphatic heterocycles. The van der Waals surface area contributed by atoms with Crippen LogP contribution in [0.1, 0.15) is 22.2 Å². The number of primary amides is 1. The number of nitrogens with one attached hydrogen (secondary N) is 2. The number of thiophene rings is 2. The second kappa shape index (κ2) is 7.58. The minimum Gasteiger partial charge on any atom is -0.352 e. The summed E-state index contributed by atoms with van der Waals surface area (Å²) in [5.74, 6) is -0.133. The van der Waals surface area contributed by atoms with Gasteiger partial charge in [-0.1, -0.05) is 6.07 Å². The van der Waals surface area contributed by atoms with Gasteiger partial charge in [-0.25, -0.2) is 4.79 Å². The predicted molar refractivity (Wildman–Crippen MR) is 88.3 cm³/mol. The monoisotopic (exact) mass is 387 g/mol. The lowest BCUT2D eigenvalue weighted by Gasteiger charge is -2.15. The van der Waals surface area contributed by atoms with Crippen LogP contribution in [0.5, 0.6) is 0 Å². The minimum absolute atomic E-state index is 0.133. The molecule has 0 radical (unpaired) electrons. The highest BCUT2D eigenvalue weighted by Crippen LogP contribution is 2.23. The van der Waals surface area contributed by atoms with E-state index in [-0.39, 0.29) is 12.3 Å². The number of rotatable bonds is 6. The summed E-state index contributed by atoms with van der Waals surface area (Å²) >= 11 is 6.43. The van der Waals surface area contributed by atoms with Gasteiger partial charge in [0.25, 0.3) is 0 Å². The Hall–Kier alpha value is -1.38. The molecule has 0 saturated carbocycles. The molecule has 0 saturated heterocycles. The highest BCUT2D eigenvalue weighted by Gasteiger charge is 2.18. The molecule has 1 atom stereocenters. The van der Waals surface area contributed by atoms with Crippen LogP contribution < -0.4 is 16.4 Å². The largest absolute Gasteiger partial charge is 0.352 e. The zero-order valence-electron chi connectivity index (χ0n) is 11.0. The van der Waals surface area contributed by atoms with E-state index in [1.165, 1.54) is 11.3 Å². The van der Waals surface area contributed by atoms with Gasteiger partial charge in [0, 0.05) is 9.75 Å². The molecule has 2 aromatic rings. The van der Waals surface area contributed by atoms with E-state index in [9.17, 15) is 9.59 Å². The maximum absolute atomic E-state index is 12.0. The lowest BCUT2D eigenvalue weighted by molar-refractivity contribution is -0.121. The van der Waals surface area contributed by atoms with Gasteiger partial charge in [0.1, 0.15) is 0 Å². The first kappa shape index (κ1) is 16.0. The number of carbonyl (C=O) groups excluding carboxylic acids is 2. The Kier molecular flexibility index (Phi) is 5.77. The predicted octanol–water partition coefficient (Wildman–Crippen LogP) is 2.99. The van der Waals surface area contributed by atoms with E-state index in [1.807, 2.05) is 29.6 Å². The zero-order chi connectivity index (χ0) is 15.2.